The Hall–Kier alpha value is -2.60. The Morgan fingerprint density at radius 2 is 1.68 bits per heavy atom. The van der Waals surface area contributed by atoms with Crippen molar-refractivity contribution >= 4 is 11.8 Å². The number of carbonyl (C=O) groups excluding carboxylic acids is 2. The first-order valence-corrected chi connectivity index (χ1v) is 14.6. The van der Waals surface area contributed by atoms with Crippen LogP contribution in [0.1, 0.15) is 81.8 Å². The topological polar surface area (TPSA) is 76.7 Å². The van der Waals surface area contributed by atoms with Crippen LogP contribution >= 0.6 is 0 Å². The molecule has 0 radical (unpaired) electrons. The summed E-state index contributed by atoms with van der Waals surface area (Å²) in [6, 6.07) is 6.77. The number of nitrogens with one attached hydrogen (secondary N) is 2. The molecule has 0 saturated heterocycles. The molecule has 1 unspecified atom stereocenters. The van der Waals surface area contributed by atoms with Gasteiger partial charge in [0.15, 0.2) is 0 Å². The summed E-state index contributed by atoms with van der Waals surface area (Å²) in [7, 11) is 0. The van der Waals surface area contributed by atoms with E-state index in [4.69, 9.17) is 9.47 Å². The number of aryl methyl sites for hydroxylation is 1. The zero-order valence-corrected chi connectivity index (χ0v) is 23.1. The van der Waals surface area contributed by atoms with Crippen molar-refractivity contribution in [3.63, 3.8) is 0 Å². The van der Waals surface area contributed by atoms with Gasteiger partial charge in [0.1, 0.15) is 5.75 Å². The summed E-state index contributed by atoms with van der Waals surface area (Å²) < 4.78 is 12.5. The second kappa shape index (κ2) is 13.5. The van der Waals surface area contributed by atoms with Crippen molar-refractivity contribution in [3.8, 4) is 5.75 Å². The first kappa shape index (κ1) is 28.4. The molecule has 5 atom stereocenters. The van der Waals surface area contributed by atoms with Crippen molar-refractivity contribution in [2.75, 3.05) is 26.3 Å². The third-order valence-corrected chi connectivity index (χ3v) is 9.31. The molecule has 1 aromatic rings. The normalized spacial score (nSPS) is 27.4. The quantitative estimate of drug-likeness (QED) is 0.251. The van der Waals surface area contributed by atoms with E-state index in [0.717, 1.165) is 56.3 Å². The maximum Gasteiger partial charge on any atom is 0.243 e. The maximum absolute atomic E-state index is 11.3. The third-order valence-electron chi connectivity index (χ3n) is 9.31. The van der Waals surface area contributed by atoms with Crippen LogP contribution in [0.25, 0.3) is 0 Å². The number of benzene rings is 1. The third kappa shape index (κ3) is 6.69. The summed E-state index contributed by atoms with van der Waals surface area (Å²) in [4.78, 5) is 22.5. The Balaban J connectivity index is 1.24. The highest BCUT2D eigenvalue weighted by Gasteiger charge is 2.55. The van der Waals surface area contributed by atoms with Gasteiger partial charge in [0.25, 0.3) is 0 Å². The lowest BCUT2D eigenvalue weighted by Gasteiger charge is -2.50. The second-order valence-corrected chi connectivity index (χ2v) is 11.5. The highest BCUT2D eigenvalue weighted by atomic mass is 16.5. The van der Waals surface area contributed by atoms with Crippen LogP contribution in [0, 0.1) is 17.3 Å². The number of carbonyl (C=O) groups is 2. The average molecular weight is 523 g/mol. The summed E-state index contributed by atoms with van der Waals surface area (Å²) >= 11 is 0. The summed E-state index contributed by atoms with van der Waals surface area (Å²) in [5.41, 5.74) is 3.30. The van der Waals surface area contributed by atoms with E-state index in [9.17, 15) is 9.59 Å². The minimum atomic E-state index is -0.120. The molecule has 38 heavy (non-hydrogen) atoms. The Bertz CT molecular complexity index is 992. The van der Waals surface area contributed by atoms with Gasteiger partial charge in [-0.15, -0.1) is 0 Å². The minimum Gasteiger partial charge on any atom is -0.494 e. The SMILES string of the molecule is C=CC(=O)NCCCCOc1ccc2c(c1)CC[C@@H]1[C@@H]2CC[C@]2(C)C(OCCCCNC(=O)C=C)CC[C@@H]12. The molecular formula is C32H46N2O4. The van der Waals surface area contributed by atoms with Gasteiger partial charge in [-0.05, 0) is 123 Å². The van der Waals surface area contributed by atoms with Crippen LogP contribution < -0.4 is 15.4 Å². The molecule has 2 N–H and O–H groups in total. The minimum absolute atomic E-state index is 0.102. The summed E-state index contributed by atoms with van der Waals surface area (Å²) in [5, 5.41) is 5.65. The van der Waals surface area contributed by atoms with E-state index in [-0.39, 0.29) is 17.2 Å². The van der Waals surface area contributed by atoms with Crippen molar-refractivity contribution in [2.45, 2.75) is 83.2 Å². The number of unbranched alkanes of at least 4 members (excludes halogenated alkanes) is 2. The Labute approximate surface area is 228 Å². The van der Waals surface area contributed by atoms with Crippen LogP contribution in [0.15, 0.2) is 43.5 Å². The number of fused-ring (bicyclic) bond motifs is 5. The smallest absolute Gasteiger partial charge is 0.243 e. The molecule has 6 heteroatoms. The highest BCUT2D eigenvalue weighted by Crippen LogP contribution is 2.61. The van der Waals surface area contributed by atoms with Crippen LogP contribution in [0.2, 0.25) is 0 Å². The average Bonchev–Trinajstić information content (AvgIpc) is 3.27. The van der Waals surface area contributed by atoms with E-state index < -0.39 is 0 Å². The zero-order valence-electron chi connectivity index (χ0n) is 23.1. The first-order chi connectivity index (χ1) is 18.5. The van der Waals surface area contributed by atoms with Crippen molar-refractivity contribution in [1.82, 2.24) is 10.6 Å². The van der Waals surface area contributed by atoms with Crippen LogP contribution in [0.5, 0.6) is 5.75 Å². The fraction of sp³-hybridized carbons (Fsp3) is 0.625. The molecule has 0 spiro atoms. The Morgan fingerprint density at radius 3 is 2.39 bits per heavy atom. The van der Waals surface area contributed by atoms with Crippen molar-refractivity contribution in [1.29, 1.82) is 0 Å². The number of hydrogen-bond acceptors (Lipinski definition) is 4. The predicted molar refractivity (Wildman–Crippen MR) is 151 cm³/mol. The number of amides is 2. The van der Waals surface area contributed by atoms with E-state index in [2.05, 4.69) is 48.9 Å². The van der Waals surface area contributed by atoms with Gasteiger partial charge in [0.05, 0.1) is 12.7 Å². The predicted octanol–water partition coefficient (Wildman–Crippen LogP) is 5.47. The van der Waals surface area contributed by atoms with Crippen LogP contribution in [-0.4, -0.2) is 44.2 Å². The van der Waals surface area contributed by atoms with Gasteiger partial charge in [0.2, 0.25) is 11.8 Å². The molecule has 3 aliphatic carbocycles. The lowest BCUT2D eigenvalue weighted by atomic mass is 9.55. The molecule has 1 aromatic carbocycles. The zero-order chi connectivity index (χ0) is 27.0. The van der Waals surface area contributed by atoms with Gasteiger partial charge in [-0.2, -0.15) is 0 Å². The number of rotatable bonds is 14. The second-order valence-electron chi connectivity index (χ2n) is 11.5. The Kier molecular flexibility index (Phi) is 10.1. The molecule has 2 fully saturated rings. The molecule has 208 valence electrons. The van der Waals surface area contributed by atoms with E-state index in [0.29, 0.717) is 31.7 Å². The van der Waals surface area contributed by atoms with E-state index in [1.54, 1.807) is 5.56 Å². The number of hydrogen-bond donors (Lipinski definition) is 2. The van der Waals surface area contributed by atoms with Gasteiger partial charge in [-0.25, -0.2) is 0 Å². The molecular weight excluding hydrogens is 476 g/mol. The monoisotopic (exact) mass is 522 g/mol. The van der Waals surface area contributed by atoms with Gasteiger partial charge in [-0.3, -0.25) is 9.59 Å². The summed E-state index contributed by atoms with van der Waals surface area (Å²) in [5.74, 6) is 2.90. The van der Waals surface area contributed by atoms with Crippen molar-refractivity contribution < 1.29 is 19.1 Å². The highest BCUT2D eigenvalue weighted by molar-refractivity contribution is 5.87. The standard InChI is InChI=1S/C32H46N2O4/c1-4-30(35)33-18-6-8-20-37-24-11-13-25-23(22-24)10-12-27-26(25)16-17-32(3)28(27)14-15-29(32)38-21-9-7-19-34-31(36)5-2/h4-5,11,13,22,26-29H,1-2,6-10,12,14-21H2,3H3,(H,33,35)(H,34,36)/t26-,27-,28+,29?,32+/m1/s1. The van der Waals surface area contributed by atoms with E-state index >= 15 is 0 Å². The molecule has 2 amide bonds. The molecule has 6 nitrogen and oxygen atoms in total. The molecule has 3 aliphatic rings. The van der Waals surface area contributed by atoms with Gasteiger partial charge >= 0.3 is 0 Å². The molecule has 2 saturated carbocycles. The fourth-order valence-electron chi connectivity index (χ4n) is 7.31. The molecule has 0 aliphatic heterocycles. The van der Waals surface area contributed by atoms with Gasteiger partial charge in [-0.1, -0.05) is 26.1 Å². The molecule has 0 heterocycles. The van der Waals surface area contributed by atoms with E-state index in [1.165, 1.54) is 49.8 Å². The summed E-state index contributed by atoms with van der Waals surface area (Å²) in [6.07, 6.45) is 14.0. The molecule has 0 aromatic heterocycles. The maximum atomic E-state index is 11.3. The largest absolute Gasteiger partial charge is 0.494 e. The lowest BCUT2D eigenvalue weighted by Crippen LogP contribution is -2.44. The van der Waals surface area contributed by atoms with Gasteiger partial charge < -0.3 is 20.1 Å². The van der Waals surface area contributed by atoms with Crippen molar-refractivity contribution in [2.24, 2.45) is 17.3 Å². The molecule has 4 rings (SSSR count). The van der Waals surface area contributed by atoms with E-state index in [1.807, 2.05) is 0 Å². The van der Waals surface area contributed by atoms with Crippen LogP contribution in [0.3, 0.4) is 0 Å². The summed E-state index contributed by atoms with van der Waals surface area (Å²) in [6.45, 7) is 12.2. The molecule has 0 bridgehead atoms. The Morgan fingerprint density at radius 1 is 0.974 bits per heavy atom. The van der Waals surface area contributed by atoms with Crippen LogP contribution in [0.4, 0.5) is 0 Å². The van der Waals surface area contributed by atoms with Crippen molar-refractivity contribution in [3.05, 3.63) is 54.6 Å². The first-order valence-electron chi connectivity index (χ1n) is 14.6. The van der Waals surface area contributed by atoms with Crippen LogP contribution in [-0.2, 0) is 20.7 Å². The lowest BCUT2D eigenvalue weighted by molar-refractivity contribution is -0.117. The van der Waals surface area contributed by atoms with Gasteiger partial charge in [0, 0.05) is 19.7 Å². The number of ether oxygens (including phenoxy) is 2. The fourth-order valence-corrected chi connectivity index (χ4v) is 7.31.